The van der Waals surface area contributed by atoms with Crippen LogP contribution in [-0.2, 0) is 5.33 Å². The molecule has 0 unspecified atom stereocenters. The van der Waals surface area contributed by atoms with Gasteiger partial charge in [0.25, 0.3) is 0 Å². The molecular weight excluding hydrogens is 244 g/mol. The van der Waals surface area contributed by atoms with Crippen LogP contribution < -0.4 is 5.73 Å². The van der Waals surface area contributed by atoms with Gasteiger partial charge in [-0.2, -0.15) is 0 Å². The van der Waals surface area contributed by atoms with E-state index in [0.29, 0.717) is 5.33 Å². The maximum Gasteiger partial charge on any atom is 0.0937 e. The number of rotatable bonds is 2. The van der Waals surface area contributed by atoms with Crippen LogP contribution in [-0.4, -0.2) is 15.0 Å². The number of aromatic nitrogens is 3. The Morgan fingerprint density at radius 3 is 2.57 bits per heavy atom. The molecule has 0 aliphatic heterocycles. The molecule has 14 heavy (non-hydrogen) atoms. The van der Waals surface area contributed by atoms with Gasteiger partial charge in [0.15, 0.2) is 0 Å². The van der Waals surface area contributed by atoms with Crippen molar-refractivity contribution in [3.05, 3.63) is 36.2 Å². The Kier molecular flexibility index (Phi) is 2.49. The minimum atomic E-state index is 0.710. The summed E-state index contributed by atoms with van der Waals surface area (Å²) in [6.07, 6.45) is 1.88. The summed E-state index contributed by atoms with van der Waals surface area (Å²) in [5, 5.41) is 8.66. The summed E-state index contributed by atoms with van der Waals surface area (Å²) < 4.78 is 1.72. The summed E-state index contributed by atoms with van der Waals surface area (Å²) in [6.45, 7) is 0. The molecule has 0 saturated heterocycles. The molecule has 0 spiro atoms. The summed E-state index contributed by atoms with van der Waals surface area (Å²) in [5.74, 6) is 0. The van der Waals surface area contributed by atoms with Gasteiger partial charge in [-0.05, 0) is 24.3 Å². The quantitative estimate of drug-likeness (QED) is 0.655. The highest BCUT2D eigenvalue weighted by molar-refractivity contribution is 9.08. The molecule has 0 amide bonds. The van der Waals surface area contributed by atoms with Gasteiger partial charge in [-0.1, -0.05) is 21.1 Å². The highest BCUT2D eigenvalue weighted by Crippen LogP contribution is 2.10. The average Bonchev–Trinajstić information content (AvgIpc) is 2.67. The summed E-state index contributed by atoms with van der Waals surface area (Å²) >= 11 is 3.32. The Labute approximate surface area is 89.9 Å². The zero-order valence-corrected chi connectivity index (χ0v) is 8.98. The van der Waals surface area contributed by atoms with Crippen molar-refractivity contribution in [3.8, 4) is 5.69 Å². The van der Waals surface area contributed by atoms with Crippen molar-refractivity contribution in [2.75, 3.05) is 5.73 Å². The van der Waals surface area contributed by atoms with E-state index in [1.54, 1.807) is 4.68 Å². The number of anilines is 1. The fourth-order valence-corrected chi connectivity index (χ4v) is 1.37. The van der Waals surface area contributed by atoms with E-state index in [-0.39, 0.29) is 0 Å². The molecule has 0 fully saturated rings. The van der Waals surface area contributed by atoms with Gasteiger partial charge in [0.1, 0.15) is 0 Å². The third kappa shape index (κ3) is 1.77. The van der Waals surface area contributed by atoms with E-state index < -0.39 is 0 Å². The molecule has 1 heterocycles. The molecule has 5 heteroatoms. The summed E-state index contributed by atoms with van der Waals surface area (Å²) in [5.41, 5.74) is 8.19. The Bertz CT molecular complexity index is 421. The van der Waals surface area contributed by atoms with E-state index in [4.69, 9.17) is 5.73 Å². The highest BCUT2D eigenvalue weighted by atomic mass is 79.9. The van der Waals surface area contributed by atoms with E-state index in [2.05, 4.69) is 26.2 Å². The van der Waals surface area contributed by atoms with Crippen LogP contribution in [0.3, 0.4) is 0 Å². The fraction of sp³-hybridized carbons (Fsp3) is 0.111. The van der Waals surface area contributed by atoms with E-state index in [9.17, 15) is 0 Å². The predicted octanol–water partition coefficient (Wildman–Crippen LogP) is 1.74. The summed E-state index contributed by atoms with van der Waals surface area (Å²) in [6, 6.07) is 7.49. The number of nitrogens with zero attached hydrogens (tertiary/aromatic N) is 3. The Morgan fingerprint density at radius 2 is 2.00 bits per heavy atom. The SMILES string of the molecule is Nc1ccc(-n2cc(CBr)nn2)cc1. The van der Waals surface area contributed by atoms with Crippen LogP contribution in [0.15, 0.2) is 30.5 Å². The summed E-state index contributed by atoms with van der Waals surface area (Å²) in [4.78, 5) is 0. The van der Waals surface area contributed by atoms with Gasteiger partial charge < -0.3 is 5.73 Å². The number of halogens is 1. The Morgan fingerprint density at radius 1 is 1.29 bits per heavy atom. The first kappa shape index (κ1) is 9.21. The van der Waals surface area contributed by atoms with Gasteiger partial charge >= 0.3 is 0 Å². The zero-order chi connectivity index (χ0) is 9.97. The van der Waals surface area contributed by atoms with Gasteiger partial charge in [-0.25, -0.2) is 4.68 Å². The molecule has 0 atom stereocenters. The molecule has 0 bridgehead atoms. The molecule has 2 N–H and O–H groups in total. The zero-order valence-electron chi connectivity index (χ0n) is 7.39. The van der Waals surface area contributed by atoms with Crippen molar-refractivity contribution in [1.82, 2.24) is 15.0 Å². The smallest absolute Gasteiger partial charge is 0.0937 e. The molecule has 4 nitrogen and oxygen atoms in total. The van der Waals surface area contributed by atoms with E-state index in [0.717, 1.165) is 17.1 Å². The highest BCUT2D eigenvalue weighted by Gasteiger charge is 2.00. The van der Waals surface area contributed by atoms with Gasteiger partial charge in [0, 0.05) is 11.0 Å². The monoisotopic (exact) mass is 252 g/mol. The standard InChI is InChI=1S/C9H9BrN4/c10-5-8-6-14(13-12-8)9-3-1-7(11)2-4-9/h1-4,6H,5,11H2. The molecule has 2 aromatic rings. The van der Waals surface area contributed by atoms with Gasteiger partial charge in [-0.15, -0.1) is 5.10 Å². The first-order valence-corrected chi connectivity index (χ1v) is 5.25. The molecule has 72 valence electrons. The lowest BCUT2D eigenvalue weighted by Gasteiger charge is -1.99. The van der Waals surface area contributed by atoms with Crippen molar-refractivity contribution in [3.63, 3.8) is 0 Å². The number of benzene rings is 1. The number of alkyl halides is 1. The van der Waals surface area contributed by atoms with Crippen molar-refractivity contribution in [1.29, 1.82) is 0 Å². The lowest BCUT2D eigenvalue weighted by atomic mass is 10.3. The van der Waals surface area contributed by atoms with E-state index >= 15 is 0 Å². The molecule has 0 aliphatic carbocycles. The normalized spacial score (nSPS) is 10.4. The van der Waals surface area contributed by atoms with Crippen LogP contribution in [0.25, 0.3) is 5.69 Å². The first-order valence-electron chi connectivity index (χ1n) is 4.12. The largest absolute Gasteiger partial charge is 0.399 e. The second-order valence-electron chi connectivity index (χ2n) is 2.88. The molecule has 1 aromatic heterocycles. The molecule has 0 radical (unpaired) electrons. The Hall–Kier alpha value is -1.36. The first-order chi connectivity index (χ1) is 6.79. The minimum absolute atomic E-state index is 0.710. The number of hydrogen-bond acceptors (Lipinski definition) is 3. The third-order valence-corrected chi connectivity index (χ3v) is 2.41. The molecule has 2 rings (SSSR count). The van der Waals surface area contributed by atoms with Crippen LogP contribution in [0, 0.1) is 0 Å². The van der Waals surface area contributed by atoms with Crippen LogP contribution in [0.4, 0.5) is 5.69 Å². The maximum atomic E-state index is 5.58. The van der Waals surface area contributed by atoms with Crippen molar-refractivity contribution in [2.45, 2.75) is 5.33 Å². The van der Waals surface area contributed by atoms with E-state index in [1.807, 2.05) is 30.5 Å². The number of nitrogens with two attached hydrogens (primary N) is 1. The Balaban J connectivity index is 2.34. The maximum absolute atomic E-state index is 5.58. The predicted molar refractivity (Wildman–Crippen MR) is 58.4 cm³/mol. The van der Waals surface area contributed by atoms with Crippen LogP contribution in [0.2, 0.25) is 0 Å². The second-order valence-corrected chi connectivity index (χ2v) is 3.44. The van der Waals surface area contributed by atoms with Gasteiger partial charge in [0.2, 0.25) is 0 Å². The summed E-state index contributed by atoms with van der Waals surface area (Å²) in [7, 11) is 0. The number of hydrogen-bond donors (Lipinski definition) is 1. The van der Waals surface area contributed by atoms with Crippen LogP contribution in [0.1, 0.15) is 5.69 Å². The lowest BCUT2D eigenvalue weighted by molar-refractivity contribution is 0.801. The fourth-order valence-electron chi connectivity index (χ4n) is 1.11. The van der Waals surface area contributed by atoms with Crippen LogP contribution >= 0.6 is 15.9 Å². The van der Waals surface area contributed by atoms with Crippen molar-refractivity contribution < 1.29 is 0 Å². The third-order valence-electron chi connectivity index (χ3n) is 1.84. The molecule has 0 aliphatic rings. The van der Waals surface area contributed by atoms with Crippen molar-refractivity contribution in [2.24, 2.45) is 0 Å². The van der Waals surface area contributed by atoms with E-state index in [1.165, 1.54) is 0 Å². The van der Waals surface area contributed by atoms with Gasteiger partial charge in [-0.3, -0.25) is 0 Å². The molecule has 1 aromatic carbocycles. The number of nitrogen functional groups attached to an aromatic ring is 1. The molecular formula is C9H9BrN4. The topological polar surface area (TPSA) is 56.7 Å². The second kappa shape index (κ2) is 3.79. The van der Waals surface area contributed by atoms with Gasteiger partial charge in [0.05, 0.1) is 17.6 Å². The lowest BCUT2D eigenvalue weighted by Crippen LogP contribution is -1.95. The minimum Gasteiger partial charge on any atom is -0.399 e. The average molecular weight is 253 g/mol. The van der Waals surface area contributed by atoms with Crippen LogP contribution in [0.5, 0.6) is 0 Å². The molecule has 0 saturated carbocycles. The van der Waals surface area contributed by atoms with Crippen molar-refractivity contribution >= 4 is 21.6 Å².